The predicted octanol–water partition coefficient (Wildman–Crippen LogP) is 3.86. The molecule has 0 saturated carbocycles. The molecule has 0 spiro atoms. The third kappa shape index (κ3) is 5.63. The second-order valence-corrected chi connectivity index (χ2v) is 7.80. The summed E-state index contributed by atoms with van der Waals surface area (Å²) in [5.41, 5.74) is 10.4. The molecule has 0 radical (unpaired) electrons. The van der Waals surface area contributed by atoms with E-state index >= 15 is 0 Å². The largest absolute Gasteiger partial charge is 0.504 e. The van der Waals surface area contributed by atoms with Crippen molar-refractivity contribution < 1.29 is 19.4 Å². The van der Waals surface area contributed by atoms with Crippen LogP contribution in [0.2, 0.25) is 0 Å². The first kappa shape index (κ1) is 23.0. The van der Waals surface area contributed by atoms with Crippen LogP contribution >= 0.6 is 0 Å². The lowest BCUT2D eigenvalue weighted by atomic mass is 9.94. The minimum atomic E-state index is -0.735. The van der Waals surface area contributed by atoms with E-state index < -0.39 is 11.9 Å². The van der Waals surface area contributed by atoms with Crippen LogP contribution in [-0.4, -0.2) is 29.1 Å². The number of rotatable bonds is 7. The number of aryl methyl sites for hydroxylation is 2. The number of phenolic OH excluding ortho intramolecular Hbond substituents is 1. The Morgan fingerprint density at radius 1 is 1.10 bits per heavy atom. The van der Waals surface area contributed by atoms with Crippen molar-refractivity contribution in [2.24, 2.45) is 5.73 Å². The number of primary amides is 1. The summed E-state index contributed by atoms with van der Waals surface area (Å²) in [6.45, 7) is 11.0. The smallest absolute Gasteiger partial charge is 0.247 e. The van der Waals surface area contributed by atoms with Crippen LogP contribution in [0.4, 0.5) is 0 Å². The van der Waals surface area contributed by atoms with Crippen LogP contribution in [0.1, 0.15) is 44.4 Å². The van der Waals surface area contributed by atoms with Crippen molar-refractivity contribution in [1.29, 1.82) is 0 Å². The van der Waals surface area contributed by atoms with Crippen molar-refractivity contribution in [3.63, 3.8) is 0 Å². The highest BCUT2D eigenvalue weighted by Gasteiger charge is 2.14. The number of carbonyl (C=O) groups is 2. The molecule has 4 N–H and O–H groups in total. The van der Waals surface area contributed by atoms with Crippen molar-refractivity contribution in [1.82, 2.24) is 5.32 Å². The number of nitrogens with one attached hydrogen (secondary N) is 1. The molecule has 0 aromatic heterocycles. The third-order valence-corrected chi connectivity index (χ3v) is 4.75. The maximum absolute atomic E-state index is 12.3. The molecule has 2 amide bonds. The standard InChI is InChI=1S/C24H30N2O4/c1-13(2)30-22-8-7-18(12-21(22)27)20-11-14(3)19(9-15(20)4)10-16(5)24(29)26-17(6)23(25)28/h7-13,17,27H,1-6H3,(H2,25,28)(H,26,29)/b16-10+. The first-order valence-corrected chi connectivity index (χ1v) is 9.89. The Morgan fingerprint density at radius 2 is 1.77 bits per heavy atom. The molecule has 2 aromatic rings. The van der Waals surface area contributed by atoms with Gasteiger partial charge >= 0.3 is 0 Å². The molecule has 6 nitrogen and oxygen atoms in total. The highest BCUT2D eigenvalue weighted by molar-refractivity contribution is 5.99. The van der Waals surface area contributed by atoms with Gasteiger partial charge in [0, 0.05) is 5.57 Å². The maximum atomic E-state index is 12.3. The Kier molecular flexibility index (Phi) is 7.27. The first-order valence-electron chi connectivity index (χ1n) is 9.89. The molecule has 0 fully saturated rings. The molecule has 0 aliphatic carbocycles. The molecule has 1 unspecified atom stereocenters. The summed E-state index contributed by atoms with van der Waals surface area (Å²) in [7, 11) is 0. The minimum Gasteiger partial charge on any atom is -0.504 e. The van der Waals surface area contributed by atoms with Gasteiger partial charge in [0.15, 0.2) is 11.5 Å². The van der Waals surface area contributed by atoms with E-state index in [0.29, 0.717) is 11.3 Å². The number of phenols is 1. The average molecular weight is 411 g/mol. The van der Waals surface area contributed by atoms with Gasteiger partial charge in [-0.3, -0.25) is 9.59 Å². The number of carbonyl (C=O) groups excluding carboxylic acids is 2. The number of hydrogen-bond acceptors (Lipinski definition) is 4. The number of hydrogen-bond donors (Lipinski definition) is 3. The number of aromatic hydroxyl groups is 1. The van der Waals surface area contributed by atoms with Gasteiger partial charge in [0.25, 0.3) is 0 Å². The Morgan fingerprint density at radius 3 is 2.33 bits per heavy atom. The summed E-state index contributed by atoms with van der Waals surface area (Å²) in [6.07, 6.45) is 1.76. The van der Waals surface area contributed by atoms with Gasteiger partial charge in [-0.2, -0.15) is 0 Å². The third-order valence-electron chi connectivity index (χ3n) is 4.75. The van der Waals surface area contributed by atoms with Gasteiger partial charge in [0.1, 0.15) is 6.04 Å². The number of nitrogens with two attached hydrogens (primary N) is 1. The summed E-state index contributed by atoms with van der Waals surface area (Å²) in [4.78, 5) is 23.4. The van der Waals surface area contributed by atoms with Crippen molar-refractivity contribution in [2.45, 2.75) is 53.7 Å². The summed E-state index contributed by atoms with van der Waals surface area (Å²) in [5.74, 6) is -0.374. The molecule has 160 valence electrons. The van der Waals surface area contributed by atoms with E-state index in [1.807, 2.05) is 45.9 Å². The molecule has 2 rings (SSSR count). The molecular weight excluding hydrogens is 380 g/mol. The highest BCUT2D eigenvalue weighted by atomic mass is 16.5. The molecule has 30 heavy (non-hydrogen) atoms. The number of ether oxygens (including phenoxy) is 1. The van der Waals surface area contributed by atoms with Crippen molar-refractivity contribution in [2.75, 3.05) is 0 Å². The SMILES string of the molecule is C/C(=C\c1cc(C)c(-c2ccc(OC(C)C)c(O)c2)cc1C)C(=O)NC(C)C(N)=O. The molecule has 2 aromatic carbocycles. The van der Waals surface area contributed by atoms with E-state index in [1.165, 1.54) is 0 Å². The van der Waals surface area contributed by atoms with Crippen LogP contribution < -0.4 is 15.8 Å². The summed E-state index contributed by atoms with van der Waals surface area (Å²) in [6, 6.07) is 8.66. The van der Waals surface area contributed by atoms with Gasteiger partial charge in [0.05, 0.1) is 6.10 Å². The normalized spacial score (nSPS) is 12.6. The van der Waals surface area contributed by atoms with Crippen molar-refractivity contribution in [3.05, 3.63) is 52.6 Å². The number of benzene rings is 2. The van der Waals surface area contributed by atoms with Gasteiger partial charge in [-0.05, 0) is 87.6 Å². The molecule has 0 bridgehead atoms. The lowest BCUT2D eigenvalue weighted by molar-refractivity contribution is -0.124. The Balaban J connectivity index is 2.32. The summed E-state index contributed by atoms with van der Waals surface area (Å²) in [5, 5.41) is 12.9. The lowest BCUT2D eigenvalue weighted by Gasteiger charge is -2.15. The molecule has 0 saturated heterocycles. The Hall–Kier alpha value is -3.28. The molecule has 0 aliphatic rings. The second kappa shape index (κ2) is 9.48. The van der Waals surface area contributed by atoms with E-state index in [9.17, 15) is 14.7 Å². The maximum Gasteiger partial charge on any atom is 0.247 e. The van der Waals surface area contributed by atoms with Gasteiger partial charge in [-0.1, -0.05) is 18.2 Å². The average Bonchev–Trinajstić information content (AvgIpc) is 2.65. The molecule has 0 aliphatic heterocycles. The van der Waals surface area contributed by atoms with E-state index in [-0.39, 0.29) is 17.8 Å². The van der Waals surface area contributed by atoms with Crippen LogP contribution in [0, 0.1) is 13.8 Å². The Bertz CT molecular complexity index is 993. The van der Waals surface area contributed by atoms with E-state index in [1.54, 1.807) is 32.1 Å². The zero-order valence-electron chi connectivity index (χ0n) is 18.4. The Labute approximate surface area is 177 Å². The summed E-state index contributed by atoms with van der Waals surface area (Å²) >= 11 is 0. The quantitative estimate of drug-likeness (QED) is 0.603. The van der Waals surface area contributed by atoms with E-state index in [4.69, 9.17) is 10.5 Å². The molecule has 1 atom stereocenters. The first-order chi connectivity index (χ1) is 14.0. The molecule has 0 heterocycles. The zero-order chi connectivity index (χ0) is 22.6. The zero-order valence-corrected chi connectivity index (χ0v) is 18.4. The van der Waals surface area contributed by atoms with Gasteiger partial charge < -0.3 is 20.9 Å². The van der Waals surface area contributed by atoms with Crippen LogP contribution in [-0.2, 0) is 9.59 Å². The van der Waals surface area contributed by atoms with Crippen molar-refractivity contribution >= 4 is 17.9 Å². The van der Waals surface area contributed by atoms with E-state index in [2.05, 4.69) is 5.32 Å². The van der Waals surface area contributed by atoms with Crippen LogP contribution in [0.15, 0.2) is 35.9 Å². The second-order valence-electron chi connectivity index (χ2n) is 7.80. The fourth-order valence-electron chi connectivity index (χ4n) is 3.02. The monoisotopic (exact) mass is 410 g/mol. The van der Waals surface area contributed by atoms with Gasteiger partial charge in [-0.25, -0.2) is 0 Å². The minimum absolute atomic E-state index is 0.0248. The predicted molar refractivity (Wildman–Crippen MR) is 119 cm³/mol. The van der Waals surface area contributed by atoms with Crippen molar-refractivity contribution in [3.8, 4) is 22.6 Å². The summed E-state index contributed by atoms with van der Waals surface area (Å²) < 4.78 is 5.59. The van der Waals surface area contributed by atoms with Gasteiger partial charge in [0.2, 0.25) is 11.8 Å². The lowest BCUT2D eigenvalue weighted by Crippen LogP contribution is -2.42. The fraction of sp³-hybridized carbons (Fsp3) is 0.333. The molecule has 6 heteroatoms. The molecular formula is C24H30N2O4. The van der Waals surface area contributed by atoms with Crippen LogP contribution in [0.25, 0.3) is 17.2 Å². The van der Waals surface area contributed by atoms with Crippen LogP contribution in [0.3, 0.4) is 0 Å². The fourth-order valence-corrected chi connectivity index (χ4v) is 3.02. The topological polar surface area (TPSA) is 102 Å². The highest BCUT2D eigenvalue weighted by Crippen LogP contribution is 2.34. The van der Waals surface area contributed by atoms with Crippen LogP contribution in [0.5, 0.6) is 11.5 Å². The number of amides is 2. The van der Waals surface area contributed by atoms with Gasteiger partial charge in [-0.15, -0.1) is 0 Å². The van der Waals surface area contributed by atoms with E-state index in [0.717, 1.165) is 27.8 Å².